The average molecular weight is 499 g/mol. The topological polar surface area (TPSA) is 102 Å². The van der Waals surface area contributed by atoms with Gasteiger partial charge in [0.05, 0.1) is 6.54 Å². The monoisotopic (exact) mass is 498 g/mol. The molecule has 2 amide bonds. The SMILES string of the molecule is CC[C@H](C)[C@H](NC(=O)c1ccc(N2CCN(C3CCC3)CC2)cc1)C(=O)N1C[C@H](O)[C@H]2OCC(=O)[C@H]21. The minimum atomic E-state index is -0.901. The van der Waals surface area contributed by atoms with Crippen LogP contribution in [-0.4, -0.2) is 102 Å². The van der Waals surface area contributed by atoms with Crippen molar-refractivity contribution in [1.29, 1.82) is 0 Å². The second-order valence-corrected chi connectivity index (χ2v) is 10.7. The number of anilines is 1. The number of piperazine rings is 1. The Balaban J connectivity index is 1.22. The normalized spacial score (nSPS) is 28.5. The molecule has 4 fully saturated rings. The predicted octanol–water partition coefficient (Wildman–Crippen LogP) is 1.05. The van der Waals surface area contributed by atoms with Crippen molar-refractivity contribution >= 4 is 23.3 Å². The number of likely N-dealkylation sites (tertiary alicyclic amines) is 1. The van der Waals surface area contributed by atoms with Crippen molar-refractivity contribution in [3.05, 3.63) is 29.8 Å². The van der Waals surface area contributed by atoms with Crippen molar-refractivity contribution in [2.45, 2.75) is 69.9 Å². The van der Waals surface area contributed by atoms with Gasteiger partial charge in [-0.3, -0.25) is 19.3 Å². The highest BCUT2D eigenvalue weighted by Crippen LogP contribution is 2.30. The summed E-state index contributed by atoms with van der Waals surface area (Å²) in [6.07, 6.45) is 3.10. The van der Waals surface area contributed by atoms with E-state index >= 15 is 0 Å². The summed E-state index contributed by atoms with van der Waals surface area (Å²) >= 11 is 0. The Morgan fingerprint density at radius 1 is 1.14 bits per heavy atom. The fraction of sp³-hybridized carbons (Fsp3) is 0.667. The zero-order valence-electron chi connectivity index (χ0n) is 21.3. The van der Waals surface area contributed by atoms with E-state index in [0.717, 1.165) is 37.9 Å². The number of carbonyl (C=O) groups is 3. The molecule has 0 aromatic heterocycles. The van der Waals surface area contributed by atoms with Gasteiger partial charge < -0.3 is 25.0 Å². The number of ketones is 1. The summed E-state index contributed by atoms with van der Waals surface area (Å²) in [5.41, 5.74) is 1.60. The molecule has 1 saturated carbocycles. The molecule has 0 bridgehead atoms. The van der Waals surface area contributed by atoms with Crippen LogP contribution in [0.5, 0.6) is 0 Å². The fourth-order valence-corrected chi connectivity index (χ4v) is 5.86. The number of hydrogen-bond acceptors (Lipinski definition) is 7. The van der Waals surface area contributed by atoms with E-state index in [1.807, 2.05) is 38.1 Å². The first-order chi connectivity index (χ1) is 17.4. The van der Waals surface area contributed by atoms with Gasteiger partial charge >= 0.3 is 0 Å². The van der Waals surface area contributed by atoms with Crippen molar-refractivity contribution < 1.29 is 24.2 Å². The third-order valence-corrected chi connectivity index (χ3v) is 8.61. The molecule has 5 atom stereocenters. The standard InChI is InChI=1S/C27H38N4O5/c1-3-17(2)23(27(35)31-15-21(32)25-24(31)22(33)16-36-25)28-26(34)18-7-9-20(10-8-18)30-13-11-29(12-14-30)19-5-4-6-19/h7-10,17,19,21,23-25,32H,3-6,11-16H2,1-2H3,(H,28,34)/t17-,21-,23-,24+,25+/m0/s1. The first-order valence-corrected chi connectivity index (χ1v) is 13.4. The van der Waals surface area contributed by atoms with Crippen LogP contribution in [-0.2, 0) is 14.3 Å². The van der Waals surface area contributed by atoms with E-state index in [-0.39, 0.29) is 36.7 Å². The molecule has 5 rings (SSSR count). The smallest absolute Gasteiger partial charge is 0.251 e. The van der Waals surface area contributed by atoms with E-state index in [1.54, 1.807) is 0 Å². The lowest BCUT2D eigenvalue weighted by Crippen LogP contribution is -2.54. The van der Waals surface area contributed by atoms with E-state index in [1.165, 1.54) is 24.2 Å². The number of β-amino-alcohol motifs (C(OH)–C–C–N with tert-alkyl or cyclic N) is 1. The van der Waals surface area contributed by atoms with E-state index in [0.29, 0.717) is 12.0 Å². The van der Waals surface area contributed by atoms with Crippen molar-refractivity contribution in [2.75, 3.05) is 44.2 Å². The van der Waals surface area contributed by atoms with Gasteiger partial charge in [-0.05, 0) is 43.0 Å². The lowest BCUT2D eigenvalue weighted by molar-refractivity contribution is -0.139. The largest absolute Gasteiger partial charge is 0.388 e. The van der Waals surface area contributed by atoms with Crippen LogP contribution in [0.15, 0.2) is 24.3 Å². The van der Waals surface area contributed by atoms with Gasteiger partial charge in [-0.15, -0.1) is 0 Å². The number of benzene rings is 1. The Bertz CT molecular complexity index is 973. The molecule has 196 valence electrons. The highest BCUT2D eigenvalue weighted by Gasteiger charge is 2.53. The summed E-state index contributed by atoms with van der Waals surface area (Å²) in [6.45, 7) is 7.92. The second kappa shape index (κ2) is 10.5. The van der Waals surface area contributed by atoms with Crippen LogP contribution in [0, 0.1) is 5.92 Å². The molecule has 4 aliphatic rings. The number of ether oxygens (including phenoxy) is 1. The van der Waals surface area contributed by atoms with Gasteiger partial charge in [-0.1, -0.05) is 26.7 Å². The van der Waals surface area contributed by atoms with Crippen LogP contribution in [0.25, 0.3) is 0 Å². The number of carbonyl (C=O) groups excluding carboxylic acids is 3. The van der Waals surface area contributed by atoms with Crippen LogP contribution < -0.4 is 10.2 Å². The predicted molar refractivity (Wildman–Crippen MR) is 135 cm³/mol. The molecule has 0 spiro atoms. The Morgan fingerprint density at radius 2 is 1.83 bits per heavy atom. The molecule has 0 unspecified atom stereocenters. The molecule has 1 aliphatic carbocycles. The zero-order valence-corrected chi connectivity index (χ0v) is 21.3. The Hall–Kier alpha value is -2.49. The van der Waals surface area contributed by atoms with Gasteiger partial charge in [-0.2, -0.15) is 0 Å². The first kappa shape index (κ1) is 25.2. The molecule has 36 heavy (non-hydrogen) atoms. The summed E-state index contributed by atoms with van der Waals surface area (Å²) < 4.78 is 5.40. The number of aliphatic hydroxyl groups excluding tert-OH is 1. The maximum absolute atomic E-state index is 13.5. The molecule has 0 radical (unpaired) electrons. The van der Waals surface area contributed by atoms with Crippen molar-refractivity contribution in [3.63, 3.8) is 0 Å². The third-order valence-electron chi connectivity index (χ3n) is 8.61. The molecule has 3 aliphatic heterocycles. The molecule has 1 aromatic carbocycles. The van der Waals surface area contributed by atoms with Gasteiger partial charge in [0.2, 0.25) is 5.91 Å². The molecule has 2 N–H and O–H groups in total. The number of Topliss-reactive ketones (excluding diaryl/α,β-unsaturated/α-hetero) is 1. The van der Waals surface area contributed by atoms with E-state index in [9.17, 15) is 19.5 Å². The van der Waals surface area contributed by atoms with Gasteiger partial charge in [0.15, 0.2) is 5.78 Å². The summed E-state index contributed by atoms with van der Waals surface area (Å²) in [6, 6.07) is 6.78. The quantitative estimate of drug-likeness (QED) is 0.579. The maximum Gasteiger partial charge on any atom is 0.251 e. The van der Waals surface area contributed by atoms with Crippen LogP contribution in [0.1, 0.15) is 49.9 Å². The number of amides is 2. The minimum Gasteiger partial charge on any atom is -0.388 e. The Labute approximate surface area is 212 Å². The highest BCUT2D eigenvalue weighted by molar-refractivity contribution is 5.99. The van der Waals surface area contributed by atoms with Crippen LogP contribution in [0.4, 0.5) is 5.69 Å². The summed E-state index contributed by atoms with van der Waals surface area (Å²) in [5, 5.41) is 13.2. The lowest BCUT2D eigenvalue weighted by Gasteiger charge is -2.43. The molecule has 3 saturated heterocycles. The van der Waals surface area contributed by atoms with E-state index < -0.39 is 24.3 Å². The molecule has 9 heteroatoms. The summed E-state index contributed by atoms with van der Waals surface area (Å²) in [7, 11) is 0. The van der Waals surface area contributed by atoms with Crippen molar-refractivity contribution in [2.24, 2.45) is 5.92 Å². The summed E-state index contributed by atoms with van der Waals surface area (Å²) in [4.78, 5) is 45.3. The molecule has 9 nitrogen and oxygen atoms in total. The lowest BCUT2D eigenvalue weighted by atomic mass is 9.91. The Kier molecular flexibility index (Phi) is 7.32. The molecular formula is C27H38N4O5. The second-order valence-electron chi connectivity index (χ2n) is 10.7. The fourth-order valence-electron chi connectivity index (χ4n) is 5.86. The van der Waals surface area contributed by atoms with Crippen molar-refractivity contribution in [1.82, 2.24) is 15.1 Å². The van der Waals surface area contributed by atoms with Crippen LogP contribution >= 0.6 is 0 Å². The summed E-state index contributed by atoms with van der Waals surface area (Å²) in [5.74, 6) is -1.01. The first-order valence-electron chi connectivity index (χ1n) is 13.4. The number of rotatable bonds is 7. The maximum atomic E-state index is 13.5. The molecule has 3 heterocycles. The van der Waals surface area contributed by atoms with E-state index in [4.69, 9.17) is 4.74 Å². The number of nitrogens with one attached hydrogen (secondary N) is 1. The highest BCUT2D eigenvalue weighted by atomic mass is 16.5. The third kappa shape index (κ3) is 4.76. The average Bonchev–Trinajstić information content (AvgIpc) is 3.41. The van der Waals surface area contributed by atoms with Crippen LogP contribution in [0.2, 0.25) is 0 Å². The van der Waals surface area contributed by atoms with Gasteiger partial charge in [0.25, 0.3) is 5.91 Å². The van der Waals surface area contributed by atoms with Gasteiger partial charge in [0, 0.05) is 43.5 Å². The Morgan fingerprint density at radius 3 is 2.44 bits per heavy atom. The zero-order chi connectivity index (χ0) is 25.4. The minimum absolute atomic E-state index is 0.0332. The number of nitrogens with zero attached hydrogens (tertiary/aromatic N) is 3. The molecular weight excluding hydrogens is 460 g/mol. The van der Waals surface area contributed by atoms with E-state index in [2.05, 4.69) is 15.1 Å². The van der Waals surface area contributed by atoms with Gasteiger partial charge in [0.1, 0.15) is 30.9 Å². The van der Waals surface area contributed by atoms with Crippen molar-refractivity contribution in [3.8, 4) is 0 Å². The number of hydrogen-bond donors (Lipinski definition) is 2. The molecule has 1 aromatic rings. The number of fused-ring (bicyclic) bond motifs is 1. The van der Waals surface area contributed by atoms with Gasteiger partial charge in [-0.25, -0.2) is 0 Å². The number of aliphatic hydroxyl groups is 1. The van der Waals surface area contributed by atoms with Crippen LogP contribution in [0.3, 0.4) is 0 Å².